The molecule has 0 bridgehead atoms. The summed E-state index contributed by atoms with van der Waals surface area (Å²) in [5, 5.41) is 9.85. The van der Waals surface area contributed by atoms with Crippen LogP contribution < -0.4 is 0 Å². The Morgan fingerprint density at radius 3 is 2.68 bits per heavy atom. The summed E-state index contributed by atoms with van der Waals surface area (Å²) in [6.45, 7) is 0. The number of nitrogens with zero attached hydrogens (tertiary/aromatic N) is 3. The molecule has 0 unspecified atom stereocenters. The summed E-state index contributed by atoms with van der Waals surface area (Å²) >= 11 is 3.39. The molecule has 2 heterocycles. The summed E-state index contributed by atoms with van der Waals surface area (Å²) < 4.78 is 2.89. The third-order valence-corrected chi connectivity index (χ3v) is 4.36. The minimum absolute atomic E-state index is 0.202. The zero-order valence-electron chi connectivity index (χ0n) is 13.2. The molecular weight excluding hydrogens is 378 g/mol. The molecule has 5 heteroatoms. The van der Waals surface area contributed by atoms with E-state index in [1.165, 1.54) is 0 Å². The zero-order valence-corrected chi connectivity index (χ0v) is 14.8. The van der Waals surface area contributed by atoms with Gasteiger partial charge < -0.3 is 9.51 Å². The third kappa shape index (κ3) is 3.32. The summed E-state index contributed by atoms with van der Waals surface area (Å²) in [5.74, 6) is 0.202. The Bertz CT molecular complexity index is 1030. The summed E-state index contributed by atoms with van der Waals surface area (Å²) in [4.78, 5) is 9.04. The molecule has 0 aliphatic heterocycles. The lowest BCUT2D eigenvalue weighted by atomic mass is 10.1. The van der Waals surface area contributed by atoms with Gasteiger partial charge in [0.2, 0.25) is 0 Å². The molecule has 25 heavy (non-hydrogen) atoms. The quantitative estimate of drug-likeness (QED) is 0.486. The first-order valence-electron chi connectivity index (χ1n) is 7.76. The van der Waals surface area contributed by atoms with Gasteiger partial charge in [-0.05, 0) is 42.5 Å². The number of aromatic hydroxyl groups is 1. The van der Waals surface area contributed by atoms with Crippen LogP contribution in [0.3, 0.4) is 0 Å². The maximum atomic E-state index is 9.85. The molecule has 0 fully saturated rings. The molecule has 0 atom stereocenters. The van der Waals surface area contributed by atoms with Crippen molar-refractivity contribution in [1.82, 2.24) is 9.38 Å². The van der Waals surface area contributed by atoms with E-state index in [2.05, 4.69) is 25.9 Å². The number of phenolic OH excluding ortho intramolecular Hbond substituents is 1. The number of fused-ring (bicyclic) bond motifs is 1. The Morgan fingerprint density at radius 2 is 1.88 bits per heavy atom. The molecule has 4 aromatic rings. The van der Waals surface area contributed by atoms with E-state index in [1.807, 2.05) is 65.3 Å². The highest BCUT2D eigenvalue weighted by molar-refractivity contribution is 9.10. The number of imidazole rings is 1. The van der Waals surface area contributed by atoms with Crippen LogP contribution in [0.4, 0.5) is 5.69 Å². The first kappa shape index (κ1) is 15.6. The molecule has 2 aromatic heterocycles. The molecular formula is C20H14BrN3O. The van der Waals surface area contributed by atoms with Crippen LogP contribution in [-0.4, -0.2) is 20.7 Å². The van der Waals surface area contributed by atoms with Crippen molar-refractivity contribution in [3.05, 3.63) is 83.1 Å². The van der Waals surface area contributed by atoms with Crippen LogP contribution in [0.1, 0.15) is 5.56 Å². The first-order valence-corrected chi connectivity index (χ1v) is 8.55. The fourth-order valence-corrected chi connectivity index (χ4v) is 2.94. The van der Waals surface area contributed by atoms with Crippen molar-refractivity contribution in [1.29, 1.82) is 0 Å². The van der Waals surface area contributed by atoms with Crippen LogP contribution in [0, 0.1) is 0 Å². The molecule has 0 aliphatic rings. The maximum Gasteiger partial charge on any atom is 0.137 e. The number of phenols is 1. The molecule has 4 rings (SSSR count). The van der Waals surface area contributed by atoms with Crippen LogP contribution in [0.2, 0.25) is 0 Å². The number of hydrogen-bond acceptors (Lipinski definition) is 3. The lowest BCUT2D eigenvalue weighted by Gasteiger charge is -2.00. The topological polar surface area (TPSA) is 49.9 Å². The minimum atomic E-state index is 0.202. The van der Waals surface area contributed by atoms with E-state index in [-0.39, 0.29) is 5.75 Å². The van der Waals surface area contributed by atoms with Crippen LogP contribution in [0.5, 0.6) is 5.75 Å². The van der Waals surface area contributed by atoms with Crippen molar-refractivity contribution in [3.63, 3.8) is 0 Å². The van der Waals surface area contributed by atoms with E-state index >= 15 is 0 Å². The lowest BCUT2D eigenvalue weighted by molar-refractivity contribution is 0.474. The van der Waals surface area contributed by atoms with Crippen molar-refractivity contribution in [2.24, 2.45) is 4.99 Å². The van der Waals surface area contributed by atoms with Gasteiger partial charge in [0, 0.05) is 34.2 Å². The molecule has 0 saturated carbocycles. The van der Waals surface area contributed by atoms with Crippen molar-refractivity contribution in [2.75, 3.05) is 0 Å². The fourth-order valence-electron chi connectivity index (χ4n) is 2.56. The second kappa shape index (κ2) is 6.53. The molecule has 2 aromatic carbocycles. The highest BCUT2D eigenvalue weighted by Crippen LogP contribution is 2.24. The molecule has 4 nitrogen and oxygen atoms in total. The van der Waals surface area contributed by atoms with Crippen molar-refractivity contribution in [3.8, 4) is 17.0 Å². The Hall–Kier alpha value is -2.92. The van der Waals surface area contributed by atoms with E-state index in [0.29, 0.717) is 5.56 Å². The molecule has 1 N–H and O–H groups in total. The zero-order chi connectivity index (χ0) is 17.2. The Balaban J connectivity index is 1.59. The largest absolute Gasteiger partial charge is 0.507 e. The Labute approximate surface area is 153 Å². The summed E-state index contributed by atoms with van der Waals surface area (Å²) in [5.41, 5.74) is 4.36. The molecule has 122 valence electrons. The van der Waals surface area contributed by atoms with Crippen molar-refractivity contribution >= 4 is 33.5 Å². The number of hydrogen-bond donors (Lipinski definition) is 1. The molecule has 0 amide bonds. The number of aromatic nitrogens is 2. The van der Waals surface area contributed by atoms with Gasteiger partial charge in [-0.1, -0.05) is 34.1 Å². The molecule has 0 spiro atoms. The monoisotopic (exact) mass is 391 g/mol. The van der Waals surface area contributed by atoms with Gasteiger partial charge in [-0.3, -0.25) is 4.99 Å². The van der Waals surface area contributed by atoms with Gasteiger partial charge in [0.25, 0.3) is 0 Å². The van der Waals surface area contributed by atoms with Gasteiger partial charge in [0.1, 0.15) is 11.4 Å². The highest BCUT2D eigenvalue weighted by atomic mass is 79.9. The normalized spacial score (nSPS) is 11.4. The third-order valence-electron chi connectivity index (χ3n) is 3.87. The summed E-state index contributed by atoms with van der Waals surface area (Å²) in [6.07, 6.45) is 5.64. The summed E-state index contributed by atoms with van der Waals surface area (Å²) in [6, 6.07) is 19.0. The van der Waals surface area contributed by atoms with Gasteiger partial charge in [-0.15, -0.1) is 0 Å². The second-order valence-corrected chi connectivity index (χ2v) is 6.52. The Morgan fingerprint density at radius 1 is 1.04 bits per heavy atom. The standard InChI is InChI=1S/C20H14BrN3O/c21-16-6-9-19(25)15(11-16)12-22-17-7-4-14(5-8-17)18-13-24-10-2-1-3-20(24)23-18/h1-13,25H. The minimum Gasteiger partial charge on any atom is -0.507 e. The highest BCUT2D eigenvalue weighted by Gasteiger charge is 2.04. The average Bonchev–Trinajstić information content (AvgIpc) is 3.07. The average molecular weight is 392 g/mol. The predicted octanol–water partition coefficient (Wildman–Crippen LogP) is 5.22. The SMILES string of the molecule is Oc1ccc(Br)cc1C=Nc1ccc(-c2cn3ccccc3n2)cc1. The van der Waals surface area contributed by atoms with Crippen LogP contribution in [0.25, 0.3) is 16.9 Å². The van der Waals surface area contributed by atoms with Crippen molar-refractivity contribution in [2.45, 2.75) is 0 Å². The van der Waals surface area contributed by atoms with Crippen molar-refractivity contribution < 1.29 is 5.11 Å². The van der Waals surface area contributed by atoms with Crippen LogP contribution in [-0.2, 0) is 0 Å². The maximum absolute atomic E-state index is 9.85. The number of halogens is 1. The van der Waals surface area contributed by atoms with E-state index < -0.39 is 0 Å². The molecule has 0 aliphatic carbocycles. The second-order valence-electron chi connectivity index (χ2n) is 5.60. The van der Waals surface area contributed by atoms with Gasteiger partial charge in [-0.2, -0.15) is 0 Å². The number of rotatable bonds is 3. The number of benzene rings is 2. The van der Waals surface area contributed by atoms with Gasteiger partial charge in [0.05, 0.1) is 11.4 Å². The van der Waals surface area contributed by atoms with Gasteiger partial charge in [0.15, 0.2) is 0 Å². The number of pyridine rings is 1. The fraction of sp³-hybridized carbons (Fsp3) is 0. The predicted molar refractivity (Wildman–Crippen MR) is 104 cm³/mol. The van der Waals surface area contributed by atoms with E-state index in [9.17, 15) is 5.11 Å². The van der Waals surface area contributed by atoms with E-state index in [1.54, 1.807) is 18.3 Å². The van der Waals surface area contributed by atoms with Crippen LogP contribution >= 0.6 is 15.9 Å². The van der Waals surface area contributed by atoms with E-state index in [4.69, 9.17) is 0 Å². The molecule has 0 saturated heterocycles. The Kier molecular flexibility index (Phi) is 4.07. The van der Waals surface area contributed by atoms with E-state index in [0.717, 1.165) is 27.1 Å². The molecule has 0 radical (unpaired) electrons. The first-order chi connectivity index (χ1) is 12.2. The van der Waals surface area contributed by atoms with Gasteiger partial charge >= 0.3 is 0 Å². The van der Waals surface area contributed by atoms with Crippen LogP contribution in [0.15, 0.2) is 82.5 Å². The van der Waals surface area contributed by atoms with Gasteiger partial charge in [-0.25, -0.2) is 4.98 Å². The summed E-state index contributed by atoms with van der Waals surface area (Å²) in [7, 11) is 0. The lowest BCUT2D eigenvalue weighted by Crippen LogP contribution is -1.82. The number of aliphatic imine (C=N–C) groups is 1. The smallest absolute Gasteiger partial charge is 0.137 e.